The van der Waals surface area contributed by atoms with E-state index in [9.17, 15) is 0 Å². The predicted octanol–water partition coefficient (Wildman–Crippen LogP) is 6.17. The summed E-state index contributed by atoms with van der Waals surface area (Å²) in [7, 11) is 0. The number of fused-ring (bicyclic) bond motifs is 1. The first-order valence-corrected chi connectivity index (χ1v) is 8.57. The van der Waals surface area contributed by atoms with E-state index in [1.165, 1.54) is 57.1 Å². The van der Waals surface area contributed by atoms with Crippen LogP contribution in [0.1, 0.15) is 48.9 Å². The van der Waals surface area contributed by atoms with Crippen molar-refractivity contribution in [2.24, 2.45) is 0 Å². The van der Waals surface area contributed by atoms with Gasteiger partial charge >= 0.3 is 0 Å². The summed E-state index contributed by atoms with van der Waals surface area (Å²) in [4.78, 5) is 0. The highest BCUT2D eigenvalue weighted by atomic mass is 79.9. The summed E-state index contributed by atoms with van der Waals surface area (Å²) >= 11 is 3.73. The number of benzene rings is 2. The third-order valence-electron chi connectivity index (χ3n) is 4.29. The van der Waals surface area contributed by atoms with Crippen LogP contribution in [-0.4, -0.2) is 0 Å². The Morgan fingerprint density at radius 3 is 2.52 bits per heavy atom. The van der Waals surface area contributed by atoms with Crippen LogP contribution in [0.2, 0.25) is 0 Å². The monoisotopic (exact) mass is 340 g/mol. The molecule has 0 saturated carbocycles. The Bertz CT molecular complexity index is 677. The molecule has 1 heteroatoms. The smallest absolute Gasteiger partial charge is 0.0256 e. The second kappa shape index (κ2) is 6.19. The van der Waals surface area contributed by atoms with Gasteiger partial charge in [0.25, 0.3) is 0 Å². The summed E-state index contributed by atoms with van der Waals surface area (Å²) in [6, 6.07) is 15.7. The highest BCUT2D eigenvalue weighted by Gasteiger charge is 2.22. The summed E-state index contributed by atoms with van der Waals surface area (Å²) in [6.45, 7) is 4.50. The first-order valence-electron chi connectivity index (χ1n) is 7.77. The van der Waals surface area contributed by atoms with Crippen LogP contribution in [0.15, 0.2) is 52.5 Å². The van der Waals surface area contributed by atoms with Gasteiger partial charge in [0, 0.05) is 4.47 Å². The average molecular weight is 341 g/mol. The van der Waals surface area contributed by atoms with Crippen molar-refractivity contribution in [3.8, 4) is 0 Å². The molecule has 0 atom stereocenters. The van der Waals surface area contributed by atoms with E-state index in [1.54, 1.807) is 0 Å². The third kappa shape index (κ3) is 2.85. The fourth-order valence-electron chi connectivity index (χ4n) is 3.19. The van der Waals surface area contributed by atoms with Crippen LogP contribution < -0.4 is 0 Å². The molecular formula is C20H21Br. The van der Waals surface area contributed by atoms with Crippen molar-refractivity contribution in [3.63, 3.8) is 0 Å². The second-order valence-electron chi connectivity index (χ2n) is 5.91. The highest BCUT2D eigenvalue weighted by Crippen LogP contribution is 2.41. The van der Waals surface area contributed by atoms with E-state index in [0.29, 0.717) is 0 Å². The molecule has 0 aliphatic heterocycles. The first kappa shape index (κ1) is 14.6. The number of hydrogen-bond donors (Lipinski definition) is 0. The number of rotatable bonds is 4. The standard InChI is InChI=1S/C20H21Br/c1-3-4-6-15-9-11-16(12-10-15)19-14(2)13-17-7-5-8-18(21)20(17)19/h5,7-12H,3-4,6,13H2,1-2H3. The molecule has 0 nitrogen and oxygen atoms in total. The molecule has 0 unspecified atom stereocenters. The van der Waals surface area contributed by atoms with Crippen molar-refractivity contribution in [2.75, 3.05) is 0 Å². The van der Waals surface area contributed by atoms with Crippen LogP contribution in [0.25, 0.3) is 5.57 Å². The number of hydrogen-bond acceptors (Lipinski definition) is 0. The predicted molar refractivity (Wildman–Crippen MR) is 94.6 cm³/mol. The number of allylic oxidation sites excluding steroid dienone is 1. The maximum atomic E-state index is 3.73. The average Bonchev–Trinajstić information content (AvgIpc) is 2.83. The Morgan fingerprint density at radius 1 is 1.05 bits per heavy atom. The fraction of sp³-hybridized carbons (Fsp3) is 0.300. The molecule has 0 saturated heterocycles. The van der Waals surface area contributed by atoms with Crippen LogP contribution in [0, 0.1) is 0 Å². The van der Waals surface area contributed by atoms with E-state index in [2.05, 4.69) is 72.2 Å². The quantitative estimate of drug-likeness (QED) is 0.624. The third-order valence-corrected chi connectivity index (χ3v) is 4.95. The zero-order valence-corrected chi connectivity index (χ0v) is 14.3. The molecule has 0 heterocycles. The Kier molecular flexibility index (Phi) is 4.30. The van der Waals surface area contributed by atoms with Gasteiger partial charge in [-0.2, -0.15) is 0 Å². The molecule has 3 rings (SSSR count). The molecule has 0 fully saturated rings. The molecule has 2 aromatic carbocycles. The molecule has 1 aliphatic rings. The lowest BCUT2D eigenvalue weighted by molar-refractivity contribution is 0.795. The summed E-state index contributed by atoms with van der Waals surface area (Å²) in [5, 5.41) is 0. The number of halogens is 1. The van der Waals surface area contributed by atoms with Gasteiger partial charge in [0.2, 0.25) is 0 Å². The summed E-state index contributed by atoms with van der Waals surface area (Å²) < 4.78 is 1.21. The molecular weight excluding hydrogens is 320 g/mol. The zero-order valence-electron chi connectivity index (χ0n) is 12.7. The van der Waals surface area contributed by atoms with Gasteiger partial charge < -0.3 is 0 Å². The molecule has 0 amide bonds. The number of aryl methyl sites for hydroxylation is 1. The summed E-state index contributed by atoms with van der Waals surface area (Å²) in [5.74, 6) is 0. The molecule has 2 aromatic rings. The van der Waals surface area contributed by atoms with Crippen LogP contribution in [0.4, 0.5) is 0 Å². The molecule has 0 bridgehead atoms. The van der Waals surface area contributed by atoms with Crippen molar-refractivity contribution >= 4 is 21.5 Å². The maximum absolute atomic E-state index is 3.73. The van der Waals surface area contributed by atoms with Gasteiger partial charge in [-0.05, 0) is 60.1 Å². The van der Waals surface area contributed by atoms with E-state index in [1.807, 2.05) is 0 Å². The van der Waals surface area contributed by atoms with E-state index >= 15 is 0 Å². The first-order chi connectivity index (χ1) is 10.2. The van der Waals surface area contributed by atoms with Gasteiger partial charge in [-0.15, -0.1) is 0 Å². The van der Waals surface area contributed by atoms with E-state index < -0.39 is 0 Å². The van der Waals surface area contributed by atoms with Gasteiger partial charge in [0.15, 0.2) is 0 Å². The molecule has 21 heavy (non-hydrogen) atoms. The minimum absolute atomic E-state index is 1.07. The Morgan fingerprint density at radius 2 is 1.81 bits per heavy atom. The van der Waals surface area contributed by atoms with Crippen molar-refractivity contribution in [1.29, 1.82) is 0 Å². The molecule has 0 spiro atoms. The lowest BCUT2D eigenvalue weighted by atomic mass is 9.96. The molecule has 1 aliphatic carbocycles. The zero-order chi connectivity index (χ0) is 14.8. The lowest BCUT2D eigenvalue weighted by Crippen LogP contribution is -1.91. The summed E-state index contributed by atoms with van der Waals surface area (Å²) in [6.07, 6.45) is 4.79. The van der Waals surface area contributed by atoms with Crippen LogP contribution in [-0.2, 0) is 12.8 Å². The van der Waals surface area contributed by atoms with Gasteiger partial charge in [-0.3, -0.25) is 0 Å². The highest BCUT2D eigenvalue weighted by molar-refractivity contribution is 9.10. The van der Waals surface area contributed by atoms with Crippen molar-refractivity contribution in [2.45, 2.75) is 39.5 Å². The van der Waals surface area contributed by atoms with Crippen molar-refractivity contribution in [3.05, 3.63) is 74.8 Å². The van der Waals surface area contributed by atoms with Crippen molar-refractivity contribution in [1.82, 2.24) is 0 Å². The van der Waals surface area contributed by atoms with Gasteiger partial charge in [0.05, 0.1) is 0 Å². The van der Waals surface area contributed by atoms with E-state index in [0.717, 1.165) is 6.42 Å². The largest absolute Gasteiger partial charge is 0.0654 e. The SMILES string of the molecule is CCCCc1ccc(C2=C(C)Cc3cccc(Br)c32)cc1. The Balaban J connectivity index is 1.96. The van der Waals surface area contributed by atoms with E-state index in [4.69, 9.17) is 0 Å². The lowest BCUT2D eigenvalue weighted by Gasteiger charge is -2.10. The van der Waals surface area contributed by atoms with Crippen LogP contribution in [0.3, 0.4) is 0 Å². The molecule has 0 radical (unpaired) electrons. The van der Waals surface area contributed by atoms with Gasteiger partial charge in [0.1, 0.15) is 0 Å². The normalized spacial score (nSPS) is 13.7. The topological polar surface area (TPSA) is 0 Å². The maximum Gasteiger partial charge on any atom is 0.0256 e. The van der Waals surface area contributed by atoms with Gasteiger partial charge in [-0.25, -0.2) is 0 Å². The number of unbranched alkanes of at least 4 members (excludes halogenated alkanes) is 1. The van der Waals surface area contributed by atoms with E-state index in [-0.39, 0.29) is 0 Å². The molecule has 0 N–H and O–H groups in total. The minimum Gasteiger partial charge on any atom is -0.0654 e. The Hall–Kier alpha value is -1.34. The van der Waals surface area contributed by atoms with Gasteiger partial charge in [-0.1, -0.05) is 71.2 Å². The summed E-state index contributed by atoms with van der Waals surface area (Å²) in [5.41, 5.74) is 8.50. The minimum atomic E-state index is 1.07. The molecule has 0 aromatic heterocycles. The van der Waals surface area contributed by atoms with Crippen molar-refractivity contribution < 1.29 is 0 Å². The Labute approximate surface area is 136 Å². The second-order valence-corrected chi connectivity index (χ2v) is 6.76. The fourth-order valence-corrected chi connectivity index (χ4v) is 3.80. The van der Waals surface area contributed by atoms with Crippen LogP contribution in [0.5, 0.6) is 0 Å². The molecule has 108 valence electrons. The van der Waals surface area contributed by atoms with Crippen LogP contribution >= 0.6 is 15.9 Å².